The van der Waals surface area contributed by atoms with Crippen LogP contribution in [0.1, 0.15) is 34.1 Å². The molecule has 0 radical (unpaired) electrons. The summed E-state index contributed by atoms with van der Waals surface area (Å²) >= 11 is 8.84. The summed E-state index contributed by atoms with van der Waals surface area (Å²) in [4.78, 5) is 26.3. The van der Waals surface area contributed by atoms with Gasteiger partial charge in [0.1, 0.15) is 5.00 Å². The first-order valence-corrected chi connectivity index (χ1v) is 12.4. The number of carbonyl (C=O) groups excluding carboxylic acids is 2. The van der Waals surface area contributed by atoms with E-state index in [2.05, 4.69) is 22.4 Å². The normalized spacial score (nSPS) is 15.3. The van der Waals surface area contributed by atoms with Crippen LogP contribution in [-0.2, 0) is 29.4 Å². The molecule has 0 bridgehead atoms. The molecule has 1 N–H and O–H groups in total. The van der Waals surface area contributed by atoms with Crippen molar-refractivity contribution in [1.29, 1.82) is 0 Å². The molecule has 1 amide bonds. The van der Waals surface area contributed by atoms with Gasteiger partial charge in [-0.2, -0.15) is 0 Å². The number of halogens is 1. The Morgan fingerprint density at radius 2 is 2.19 bits per heavy atom. The Hall–Kier alpha value is -2.36. The number of thioether (sulfide) groups is 1. The molecule has 4 rings (SSSR count). The number of rotatable bonds is 6. The van der Waals surface area contributed by atoms with Gasteiger partial charge in [-0.05, 0) is 42.9 Å². The summed E-state index contributed by atoms with van der Waals surface area (Å²) in [5, 5.41) is 13.2. The van der Waals surface area contributed by atoms with E-state index in [0.717, 1.165) is 35.3 Å². The summed E-state index contributed by atoms with van der Waals surface area (Å²) in [6, 6.07) is 7.38. The van der Waals surface area contributed by atoms with E-state index < -0.39 is 5.97 Å². The second-order valence-electron chi connectivity index (χ2n) is 7.76. The van der Waals surface area contributed by atoms with Crippen molar-refractivity contribution in [3.05, 3.63) is 45.3 Å². The van der Waals surface area contributed by atoms with Crippen LogP contribution >= 0.6 is 34.7 Å². The van der Waals surface area contributed by atoms with Crippen LogP contribution in [0.5, 0.6) is 0 Å². The van der Waals surface area contributed by atoms with E-state index >= 15 is 0 Å². The largest absolute Gasteiger partial charge is 0.465 e. The molecule has 7 nitrogen and oxygen atoms in total. The maximum atomic E-state index is 12.7. The monoisotopic (exact) mass is 490 g/mol. The van der Waals surface area contributed by atoms with Gasteiger partial charge in [0, 0.05) is 22.5 Å². The van der Waals surface area contributed by atoms with Gasteiger partial charge in [-0.3, -0.25) is 4.79 Å². The highest BCUT2D eigenvalue weighted by molar-refractivity contribution is 7.99. The van der Waals surface area contributed by atoms with Crippen LogP contribution in [0.25, 0.3) is 11.4 Å². The third kappa shape index (κ3) is 4.69. The van der Waals surface area contributed by atoms with Crippen molar-refractivity contribution in [3.63, 3.8) is 0 Å². The molecule has 1 aliphatic carbocycles. The number of methoxy groups -OCH3 is 1. The maximum absolute atomic E-state index is 12.7. The van der Waals surface area contributed by atoms with Gasteiger partial charge >= 0.3 is 5.97 Å². The number of hydrogen-bond acceptors (Lipinski definition) is 7. The third-order valence-corrected chi connectivity index (χ3v) is 7.83. The van der Waals surface area contributed by atoms with Gasteiger partial charge in [0.15, 0.2) is 11.0 Å². The van der Waals surface area contributed by atoms with Gasteiger partial charge in [-0.15, -0.1) is 21.5 Å². The lowest BCUT2D eigenvalue weighted by Crippen LogP contribution is -2.17. The number of thiophene rings is 1. The Bertz CT molecular complexity index is 1170. The molecular formula is C22H23ClN4O3S2. The molecule has 1 atom stereocenters. The summed E-state index contributed by atoms with van der Waals surface area (Å²) in [7, 11) is 3.21. The van der Waals surface area contributed by atoms with Gasteiger partial charge < -0.3 is 14.6 Å². The Labute approximate surface area is 199 Å². The fourth-order valence-electron chi connectivity index (χ4n) is 3.77. The van der Waals surface area contributed by atoms with E-state index in [4.69, 9.17) is 16.3 Å². The van der Waals surface area contributed by atoms with E-state index in [9.17, 15) is 9.59 Å². The second-order valence-corrected chi connectivity index (χ2v) is 10.2. The number of ether oxygens (including phenoxy) is 1. The lowest BCUT2D eigenvalue weighted by molar-refractivity contribution is -0.113. The minimum Gasteiger partial charge on any atom is -0.465 e. The van der Waals surface area contributed by atoms with Gasteiger partial charge in [-0.1, -0.05) is 42.4 Å². The summed E-state index contributed by atoms with van der Waals surface area (Å²) in [6.07, 6.45) is 2.77. The fourth-order valence-corrected chi connectivity index (χ4v) is 6.09. The van der Waals surface area contributed by atoms with E-state index in [1.54, 1.807) is 6.07 Å². The van der Waals surface area contributed by atoms with Crippen molar-refractivity contribution >= 4 is 51.6 Å². The van der Waals surface area contributed by atoms with Gasteiger partial charge in [0.2, 0.25) is 5.91 Å². The van der Waals surface area contributed by atoms with E-state index in [1.165, 1.54) is 30.2 Å². The van der Waals surface area contributed by atoms with Gasteiger partial charge in [-0.25, -0.2) is 4.79 Å². The number of nitrogens with zero attached hydrogens (tertiary/aromatic N) is 3. The fraction of sp³-hybridized carbons (Fsp3) is 0.364. The molecular weight excluding hydrogens is 468 g/mol. The molecule has 1 unspecified atom stereocenters. The molecule has 0 fully saturated rings. The van der Waals surface area contributed by atoms with E-state index in [0.29, 0.717) is 32.5 Å². The number of nitrogens with one attached hydrogen (secondary N) is 1. The van der Waals surface area contributed by atoms with Crippen molar-refractivity contribution in [2.24, 2.45) is 13.0 Å². The smallest absolute Gasteiger partial charge is 0.341 e. The average molecular weight is 491 g/mol. The van der Waals surface area contributed by atoms with Crippen LogP contribution in [0, 0.1) is 5.92 Å². The highest BCUT2D eigenvalue weighted by Gasteiger charge is 2.29. The summed E-state index contributed by atoms with van der Waals surface area (Å²) in [6.45, 7) is 2.20. The predicted molar refractivity (Wildman–Crippen MR) is 128 cm³/mol. The van der Waals surface area contributed by atoms with Gasteiger partial charge in [0.25, 0.3) is 0 Å². The van der Waals surface area contributed by atoms with Crippen LogP contribution in [-0.4, -0.2) is 39.5 Å². The quantitative estimate of drug-likeness (QED) is 0.393. The predicted octanol–water partition coefficient (Wildman–Crippen LogP) is 4.84. The molecule has 3 aromatic rings. The van der Waals surface area contributed by atoms with Crippen molar-refractivity contribution in [2.45, 2.75) is 31.3 Å². The molecule has 32 heavy (non-hydrogen) atoms. The molecule has 1 aromatic carbocycles. The van der Waals surface area contributed by atoms with Crippen molar-refractivity contribution < 1.29 is 14.3 Å². The zero-order valence-corrected chi connectivity index (χ0v) is 20.4. The molecule has 0 aliphatic heterocycles. The summed E-state index contributed by atoms with van der Waals surface area (Å²) < 4.78 is 6.82. The van der Waals surface area contributed by atoms with Crippen LogP contribution in [0.4, 0.5) is 5.00 Å². The van der Waals surface area contributed by atoms with Crippen LogP contribution in [0.2, 0.25) is 5.02 Å². The highest BCUT2D eigenvalue weighted by Crippen LogP contribution is 2.40. The number of hydrogen-bond donors (Lipinski definition) is 1. The zero-order chi connectivity index (χ0) is 22.8. The number of fused-ring (bicyclic) bond motifs is 1. The minimum atomic E-state index is -0.403. The SMILES string of the molecule is COC(=O)c1c(NC(=O)CSc2nnc(-c3cccc(Cl)c3)n2C)sc2c1CCC(C)C2. The Kier molecular flexibility index (Phi) is 6.88. The van der Waals surface area contributed by atoms with E-state index in [-0.39, 0.29) is 11.7 Å². The zero-order valence-electron chi connectivity index (χ0n) is 18.0. The number of carbonyl (C=O) groups is 2. The number of anilines is 1. The second kappa shape index (κ2) is 9.64. The number of amides is 1. The topological polar surface area (TPSA) is 86.1 Å². The van der Waals surface area contributed by atoms with E-state index in [1.807, 2.05) is 29.8 Å². The average Bonchev–Trinajstić information content (AvgIpc) is 3.31. The molecule has 0 spiro atoms. The van der Waals surface area contributed by atoms with Crippen LogP contribution in [0.3, 0.4) is 0 Å². The third-order valence-electron chi connectivity index (χ3n) is 5.40. The standard InChI is InChI=1S/C22H23ClN4O3S2/c1-12-7-8-15-16(9-12)32-20(18(15)21(29)30-3)24-17(28)11-31-22-26-25-19(27(22)2)13-5-4-6-14(23)10-13/h4-6,10,12H,7-9,11H2,1-3H3,(H,24,28). The molecule has 0 saturated heterocycles. The Morgan fingerprint density at radius 1 is 1.38 bits per heavy atom. The van der Waals surface area contributed by atoms with Crippen molar-refractivity contribution in [2.75, 3.05) is 18.2 Å². The first kappa shape index (κ1) is 22.8. The maximum Gasteiger partial charge on any atom is 0.341 e. The number of benzene rings is 1. The van der Waals surface area contributed by atoms with Crippen LogP contribution in [0.15, 0.2) is 29.4 Å². The summed E-state index contributed by atoms with van der Waals surface area (Å²) in [5.74, 6) is 0.763. The minimum absolute atomic E-state index is 0.140. The van der Waals surface area contributed by atoms with Gasteiger partial charge in [0.05, 0.1) is 18.4 Å². The lowest BCUT2D eigenvalue weighted by atomic mass is 9.88. The number of esters is 1. The molecule has 168 valence electrons. The number of aromatic nitrogens is 3. The molecule has 1 aliphatic rings. The molecule has 2 aromatic heterocycles. The van der Waals surface area contributed by atoms with Crippen molar-refractivity contribution in [1.82, 2.24) is 14.8 Å². The lowest BCUT2D eigenvalue weighted by Gasteiger charge is -2.18. The highest BCUT2D eigenvalue weighted by atomic mass is 35.5. The van der Waals surface area contributed by atoms with Crippen molar-refractivity contribution in [3.8, 4) is 11.4 Å². The Balaban J connectivity index is 1.47. The molecule has 0 saturated carbocycles. The Morgan fingerprint density at radius 3 is 2.94 bits per heavy atom. The van der Waals surface area contributed by atoms with Crippen LogP contribution < -0.4 is 5.32 Å². The summed E-state index contributed by atoms with van der Waals surface area (Å²) in [5.41, 5.74) is 2.37. The molecule has 10 heteroatoms. The first-order valence-electron chi connectivity index (χ1n) is 10.2. The first-order chi connectivity index (χ1) is 15.4. The molecule has 2 heterocycles.